The Morgan fingerprint density at radius 2 is 2.11 bits per heavy atom. The minimum absolute atomic E-state index is 0.120. The van der Waals surface area contributed by atoms with Gasteiger partial charge in [0.25, 0.3) is 5.91 Å². The molecule has 0 spiro atoms. The number of hydrogen-bond acceptors (Lipinski definition) is 2. The van der Waals surface area contributed by atoms with Crippen LogP contribution >= 0.6 is 22.6 Å². The van der Waals surface area contributed by atoms with Gasteiger partial charge in [0.05, 0.1) is 11.3 Å². The van der Waals surface area contributed by atoms with E-state index in [2.05, 4.69) is 33.0 Å². The lowest BCUT2D eigenvalue weighted by Crippen LogP contribution is -2.13. The molecule has 1 N–H and O–H groups in total. The fourth-order valence-electron chi connectivity index (χ4n) is 1.78. The Bertz CT molecular complexity index is 604. The number of carbonyl (C=O) groups is 1. The molecule has 18 heavy (non-hydrogen) atoms. The zero-order chi connectivity index (χ0) is 13.3. The van der Waals surface area contributed by atoms with E-state index in [1.54, 1.807) is 17.9 Å². The SMILES string of the molecule is Cc1cc(I)ccc1NC(=O)c1cn(C)nc1C. The topological polar surface area (TPSA) is 46.9 Å². The Balaban J connectivity index is 2.24. The lowest BCUT2D eigenvalue weighted by molar-refractivity contribution is 0.102. The fraction of sp³-hybridized carbons (Fsp3) is 0.231. The molecular formula is C13H14IN3O. The van der Waals surface area contributed by atoms with Crippen molar-refractivity contribution in [2.75, 3.05) is 5.32 Å². The summed E-state index contributed by atoms with van der Waals surface area (Å²) in [4.78, 5) is 12.1. The van der Waals surface area contributed by atoms with Crippen molar-refractivity contribution in [3.8, 4) is 0 Å². The van der Waals surface area contributed by atoms with Gasteiger partial charge in [-0.25, -0.2) is 0 Å². The summed E-state index contributed by atoms with van der Waals surface area (Å²) in [5.74, 6) is -0.120. The van der Waals surface area contributed by atoms with Gasteiger partial charge in [-0.15, -0.1) is 0 Å². The van der Waals surface area contributed by atoms with Crippen molar-refractivity contribution in [1.29, 1.82) is 0 Å². The highest BCUT2D eigenvalue weighted by atomic mass is 127. The lowest BCUT2D eigenvalue weighted by Gasteiger charge is -2.08. The molecule has 1 amide bonds. The molecule has 1 heterocycles. The van der Waals surface area contributed by atoms with Crippen LogP contribution in [0.3, 0.4) is 0 Å². The maximum absolute atomic E-state index is 12.1. The molecule has 2 rings (SSSR count). The number of rotatable bonds is 2. The first-order valence-corrected chi connectivity index (χ1v) is 6.63. The number of nitrogens with zero attached hydrogens (tertiary/aromatic N) is 2. The van der Waals surface area contributed by atoms with Gasteiger partial charge in [0, 0.05) is 22.5 Å². The number of aromatic nitrogens is 2. The summed E-state index contributed by atoms with van der Waals surface area (Å²) in [5, 5.41) is 7.08. The van der Waals surface area contributed by atoms with Gasteiger partial charge in [0.1, 0.15) is 0 Å². The highest BCUT2D eigenvalue weighted by molar-refractivity contribution is 14.1. The molecule has 0 bridgehead atoms. The van der Waals surface area contributed by atoms with E-state index in [1.165, 1.54) is 0 Å². The van der Waals surface area contributed by atoms with Gasteiger partial charge in [-0.3, -0.25) is 9.48 Å². The van der Waals surface area contributed by atoms with E-state index in [9.17, 15) is 4.79 Å². The van der Waals surface area contributed by atoms with E-state index in [-0.39, 0.29) is 5.91 Å². The van der Waals surface area contributed by atoms with Gasteiger partial charge >= 0.3 is 0 Å². The van der Waals surface area contributed by atoms with Crippen molar-refractivity contribution in [1.82, 2.24) is 9.78 Å². The molecule has 0 aliphatic rings. The predicted octanol–water partition coefficient (Wildman–Crippen LogP) is 2.89. The monoisotopic (exact) mass is 355 g/mol. The molecular weight excluding hydrogens is 341 g/mol. The van der Waals surface area contributed by atoms with Crippen LogP contribution in [0.15, 0.2) is 24.4 Å². The van der Waals surface area contributed by atoms with Crippen LogP contribution in [0.2, 0.25) is 0 Å². The zero-order valence-electron chi connectivity index (χ0n) is 10.5. The third-order valence-corrected chi connectivity index (χ3v) is 3.37. The van der Waals surface area contributed by atoms with Crippen LogP contribution in [0.5, 0.6) is 0 Å². The third kappa shape index (κ3) is 2.72. The number of aryl methyl sites for hydroxylation is 3. The molecule has 5 heteroatoms. The molecule has 0 aliphatic carbocycles. The largest absolute Gasteiger partial charge is 0.322 e. The van der Waals surface area contributed by atoms with E-state index in [0.29, 0.717) is 5.56 Å². The maximum atomic E-state index is 12.1. The Morgan fingerprint density at radius 3 is 2.67 bits per heavy atom. The third-order valence-electron chi connectivity index (χ3n) is 2.69. The molecule has 1 aromatic heterocycles. The van der Waals surface area contributed by atoms with Crippen molar-refractivity contribution in [2.45, 2.75) is 13.8 Å². The van der Waals surface area contributed by atoms with Gasteiger partial charge in [0.2, 0.25) is 0 Å². The summed E-state index contributed by atoms with van der Waals surface area (Å²) >= 11 is 2.25. The molecule has 1 aromatic carbocycles. The molecule has 0 unspecified atom stereocenters. The number of amides is 1. The number of benzene rings is 1. The van der Waals surface area contributed by atoms with Crippen LogP contribution in [-0.4, -0.2) is 15.7 Å². The minimum atomic E-state index is -0.120. The van der Waals surface area contributed by atoms with E-state index >= 15 is 0 Å². The fourth-order valence-corrected chi connectivity index (χ4v) is 2.43. The van der Waals surface area contributed by atoms with Crippen LogP contribution in [-0.2, 0) is 7.05 Å². The second kappa shape index (κ2) is 5.09. The molecule has 0 radical (unpaired) electrons. The standard InChI is InChI=1S/C13H14IN3O/c1-8-6-10(14)4-5-12(8)15-13(18)11-7-17(3)16-9(11)2/h4-7H,1-3H3,(H,15,18). The maximum Gasteiger partial charge on any atom is 0.259 e. The highest BCUT2D eigenvalue weighted by Gasteiger charge is 2.13. The van der Waals surface area contributed by atoms with E-state index < -0.39 is 0 Å². The predicted molar refractivity (Wildman–Crippen MR) is 79.8 cm³/mol. The Labute approximate surface area is 120 Å². The summed E-state index contributed by atoms with van der Waals surface area (Å²) in [5.41, 5.74) is 3.23. The number of halogens is 1. The number of anilines is 1. The molecule has 0 saturated heterocycles. The first kappa shape index (κ1) is 13.1. The summed E-state index contributed by atoms with van der Waals surface area (Å²) in [6.45, 7) is 3.81. The van der Waals surface area contributed by atoms with Crippen molar-refractivity contribution >= 4 is 34.2 Å². The van der Waals surface area contributed by atoms with E-state index in [1.807, 2.05) is 32.0 Å². The Morgan fingerprint density at radius 1 is 1.39 bits per heavy atom. The first-order valence-electron chi connectivity index (χ1n) is 5.55. The van der Waals surface area contributed by atoms with Crippen molar-refractivity contribution < 1.29 is 4.79 Å². The summed E-state index contributed by atoms with van der Waals surface area (Å²) < 4.78 is 2.80. The van der Waals surface area contributed by atoms with Crippen molar-refractivity contribution in [2.24, 2.45) is 7.05 Å². The lowest BCUT2D eigenvalue weighted by atomic mass is 10.2. The number of nitrogens with one attached hydrogen (secondary N) is 1. The van der Waals surface area contributed by atoms with Gasteiger partial charge in [-0.2, -0.15) is 5.10 Å². The number of hydrogen-bond donors (Lipinski definition) is 1. The second-order valence-electron chi connectivity index (χ2n) is 4.22. The molecule has 4 nitrogen and oxygen atoms in total. The highest BCUT2D eigenvalue weighted by Crippen LogP contribution is 2.19. The molecule has 2 aromatic rings. The molecule has 94 valence electrons. The first-order chi connectivity index (χ1) is 8.47. The quantitative estimate of drug-likeness (QED) is 0.843. The van der Waals surface area contributed by atoms with Crippen molar-refractivity contribution in [3.05, 3.63) is 44.8 Å². The average molecular weight is 355 g/mol. The van der Waals surface area contributed by atoms with Gasteiger partial charge in [-0.1, -0.05) is 0 Å². The molecule has 0 aliphatic heterocycles. The van der Waals surface area contributed by atoms with E-state index in [0.717, 1.165) is 20.5 Å². The van der Waals surface area contributed by atoms with Crippen LogP contribution in [0, 0.1) is 17.4 Å². The second-order valence-corrected chi connectivity index (χ2v) is 5.46. The van der Waals surface area contributed by atoms with Crippen LogP contribution in [0.4, 0.5) is 5.69 Å². The normalized spacial score (nSPS) is 10.4. The zero-order valence-corrected chi connectivity index (χ0v) is 12.6. The average Bonchev–Trinajstić information content (AvgIpc) is 2.62. The molecule has 0 fully saturated rings. The summed E-state index contributed by atoms with van der Waals surface area (Å²) in [6.07, 6.45) is 1.73. The Kier molecular flexibility index (Phi) is 3.70. The van der Waals surface area contributed by atoms with Crippen LogP contribution in [0.25, 0.3) is 0 Å². The number of carbonyl (C=O) groups excluding carboxylic acids is 1. The minimum Gasteiger partial charge on any atom is -0.322 e. The van der Waals surface area contributed by atoms with Gasteiger partial charge in [-0.05, 0) is 60.2 Å². The summed E-state index contributed by atoms with van der Waals surface area (Å²) in [7, 11) is 1.81. The van der Waals surface area contributed by atoms with Crippen molar-refractivity contribution in [3.63, 3.8) is 0 Å². The smallest absolute Gasteiger partial charge is 0.259 e. The van der Waals surface area contributed by atoms with E-state index in [4.69, 9.17) is 0 Å². The Hall–Kier alpha value is -1.37. The van der Waals surface area contributed by atoms with Crippen LogP contribution in [0.1, 0.15) is 21.6 Å². The van der Waals surface area contributed by atoms with Crippen LogP contribution < -0.4 is 5.32 Å². The summed E-state index contributed by atoms with van der Waals surface area (Å²) in [6, 6.07) is 5.92. The van der Waals surface area contributed by atoms with Gasteiger partial charge in [0.15, 0.2) is 0 Å². The molecule has 0 saturated carbocycles. The van der Waals surface area contributed by atoms with Gasteiger partial charge < -0.3 is 5.32 Å². The molecule has 0 atom stereocenters.